The molecule has 2 aromatic rings. The Morgan fingerprint density at radius 3 is 2.79 bits per heavy atom. The summed E-state index contributed by atoms with van der Waals surface area (Å²) in [4.78, 5) is 4.26. The fourth-order valence-electron chi connectivity index (χ4n) is 2.47. The number of ether oxygens (including phenoxy) is 1. The summed E-state index contributed by atoms with van der Waals surface area (Å²) in [5, 5.41) is 4.03. The van der Waals surface area contributed by atoms with Gasteiger partial charge < -0.3 is 10.1 Å². The highest BCUT2D eigenvalue weighted by Crippen LogP contribution is 2.31. The maximum absolute atomic E-state index is 14.3. The lowest BCUT2D eigenvalue weighted by Crippen LogP contribution is -2.34. The molecule has 0 bridgehead atoms. The van der Waals surface area contributed by atoms with Crippen molar-refractivity contribution in [1.82, 2.24) is 10.3 Å². The van der Waals surface area contributed by atoms with Gasteiger partial charge in [0, 0.05) is 5.39 Å². The number of halogens is 1. The molecule has 2 heterocycles. The first-order valence-corrected chi connectivity index (χ1v) is 6.68. The first-order chi connectivity index (χ1) is 9.25. The molecule has 1 N–H and O–H groups in total. The van der Waals surface area contributed by atoms with Crippen LogP contribution >= 0.6 is 0 Å². The third kappa shape index (κ3) is 2.40. The molecule has 0 saturated carbocycles. The monoisotopic (exact) mass is 260 g/mol. The Kier molecular flexibility index (Phi) is 3.34. The van der Waals surface area contributed by atoms with Crippen molar-refractivity contribution in [3.63, 3.8) is 0 Å². The molecule has 1 aliphatic rings. The van der Waals surface area contributed by atoms with Crippen LogP contribution in [0.1, 0.15) is 18.5 Å². The van der Waals surface area contributed by atoms with Crippen LogP contribution in [0.5, 0.6) is 5.75 Å². The van der Waals surface area contributed by atoms with Gasteiger partial charge in [-0.15, -0.1) is 0 Å². The standard InChI is InChI=1S/C15H17FN2O/c1-10-14(16)15(19-11-6-8-17-9-7-11)12-4-2-3-5-13(12)18-10/h2-5,11,17H,6-9H2,1H3. The zero-order valence-corrected chi connectivity index (χ0v) is 10.9. The fraction of sp³-hybridized carbons (Fsp3) is 0.400. The van der Waals surface area contributed by atoms with E-state index in [1.54, 1.807) is 6.92 Å². The topological polar surface area (TPSA) is 34.1 Å². The number of benzene rings is 1. The van der Waals surface area contributed by atoms with Crippen molar-refractivity contribution < 1.29 is 9.13 Å². The van der Waals surface area contributed by atoms with Crippen LogP contribution in [0.25, 0.3) is 10.9 Å². The Labute approximate surface area is 111 Å². The summed E-state index contributed by atoms with van der Waals surface area (Å²) in [5.74, 6) is 0.0206. The predicted octanol–water partition coefficient (Wildman–Crippen LogP) is 2.81. The van der Waals surface area contributed by atoms with Crippen LogP contribution < -0.4 is 10.1 Å². The van der Waals surface area contributed by atoms with E-state index in [-0.39, 0.29) is 11.9 Å². The average molecular weight is 260 g/mol. The minimum absolute atomic E-state index is 0.0842. The Balaban J connectivity index is 2.02. The molecular formula is C15H17FN2O. The molecule has 4 heteroatoms. The molecule has 0 amide bonds. The zero-order chi connectivity index (χ0) is 13.2. The molecule has 0 radical (unpaired) electrons. The second-order valence-electron chi connectivity index (χ2n) is 4.92. The molecule has 1 aromatic heterocycles. The van der Waals surface area contributed by atoms with Crippen molar-refractivity contribution in [2.45, 2.75) is 25.9 Å². The third-order valence-electron chi connectivity index (χ3n) is 3.52. The number of aryl methyl sites for hydroxylation is 1. The van der Waals surface area contributed by atoms with Crippen LogP contribution in [0.15, 0.2) is 24.3 Å². The molecule has 0 aliphatic carbocycles. The van der Waals surface area contributed by atoms with Gasteiger partial charge in [-0.25, -0.2) is 9.37 Å². The molecule has 1 saturated heterocycles. The summed E-state index contributed by atoms with van der Waals surface area (Å²) in [6.45, 7) is 3.53. The molecule has 0 spiro atoms. The SMILES string of the molecule is Cc1nc2ccccc2c(OC2CCNCC2)c1F. The van der Waals surface area contributed by atoms with Crippen LogP contribution in [0.3, 0.4) is 0 Å². The molecule has 0 atom stereocenters. The second-order valence-corrected chi connectivity index (χ2v) is 4.92. The number of hydrogen-bond acceptors (Lipinski definition) is 3. The van der Waals surface area contributed by atoms with E-state index < -0.39 is 0 Å². The Morgan fingerprint density at radius 2 is 2.00 bits per heavy atom. The van der Waals surface area contributed by atoms with Gasteiger partial charge in [-0.05, 0) is 45.0 Å². The molecule has 19 heavy (non-hydrogen) atoms. The molecule has 1 aromatic carbocycles. The molecule has 1 aliphatic heterocycles. The second kappa shape index (κ2) is 5.13. The normalized spacial score (nSPS) is 16.7. The van der Waals surface area contributed by atoms with Crippen molar-refractivity contribution >= 4 is 10.9 Å². The van der Waals surface area contributed by atoms with Gasteiger partial charge in [0.1, 0.15) is 6.10 Å². The minimum Gasteiger partial charge on any atom is -0.486 e. The van der Waals surface area contributed by atoms with Gasteiger partial charge >= 0.3 is 0 Å². The highest BCUT2D eigenvalue weighted by molar-refractivity contribution is 5.85. The van der Waals surface area contributed by atoms with Crippen molar-refractivity contribution in [2.24, 2.45) is 0 Å². The Bertz CT molecular complexity index is 594. The van der Waals surface area contributed by atoms with Gasteiger partial charge in [0.2, 0.25) is 0 Å². The van der Waals surface area contributed by atoms with Gasteiger partial charge in [-0.2, -0.15) is 0 Å². The zero-order valence-electron chi connectivity index (χ0n) is 10.9. The Morgan fingerprint density at radius 1 is 1.26 bits per heavy atom. The maximum atomic E-state index is 14.3. The molecule has 3 rings (SSSR count). The number of hydrogen-bond donors (Lipinski definition) is 1. The predicted molar refractivity (Wildman–Crippen MR) is 73.0 cm³/mol. The van der Waals surface area contributed by atoms with Crippen molar-refractivity contribution in [2.75, 3.05) is 13.1 Å². The summed E-state index contributed by atoms with van der Waals surface area (Å²) < 4.78 is 20.2. The van der Waals surface area contributed by atoms with Gasteiger partial charge in [0.05, 0.1) is 11.2 Å². The first kappa shape index (κ1) is 12.4. The number of pyridine rings is 1. The third-order valence-corrected chi connectivity index (χ3v) is 3.52. The van der Waals surface area contributed by atoms with E-state index in [0.717, 1.165) is 36.8 Å². The first-order valence-electron chi connectivity index (χ1n) is 6.68. The van der Waals surface area contributed by atoms with Crippen LogP contribution in [-0.4, -0.2) is 24.2 Å². The van der Waals surface area contributed by atoms with Crippen LogP contribution in [0.4, 0.5) is 4.39 Å². The molecule has 3 nitrogen and oxygen atoms in total. The maximum Gasteiger partial charge on any atom is 0.186 e. The highest BCUT2D eigenvalue weighted by Gasteiger charge is 2.20. The van der Waals surface area contributed by atoms with Crippen LogP contribution in [0.2, 0.25) is 0 Å². The van der Waals surface area contributed by atoms with E-state index in [1.807, 2.05) is 24.3 Å². The van der Waals surface area contributed by atoms with Gasteiger partial charge in [0.15, 0.2) is 11.6 Å². The van der Waals surface area contributed by atoms with Gasteiger partial charge in [0.25, 0.3) is 0 Å². The largest absolute Gasteiger partial charge is 0.486 e. The highest BCUT2D eigenvalue weighted by atomic mass is 19.1. The lowest BCUT2D eigenvalue weighted by molar-refractivity contribution is 0.158. The Hall–Kier alpha value is -1.68. The number of fused-ring (bicyclic) bond motifs is 1. The molecule has 100 valence electrons. The van der Waals surface area contributed by atoms with Crippen LogP contribution in [-0.2, 0) is 0 Å². The summed E-state index contributed by atoms with van der Waals surface area (Å²) in [5.41, 5.74) is 1.17. The van der Waals surface area contributed by atoms with Crippen molar-refractivity contribution in [1.29, 1.82) is 0 Å². The summed E-state index contributed by atoms with van der Waals surface area (Å²) >= 11 is 0. The van der Waals surface area contributed by atoms with E-state index >= 15 is 0 Å². The number of para-hydroxylation sites is 1. The fourth-order valence-corrected chi connectivity index (χ4v) is 2.47. The van der Waals surface area contributed by atoms with E-state index in [9.17, 15) is 4.39 Å². The number of nitrogens with one attached hydrogen (secondary N) is 1. The number of aromatic nitrogens is 1. The number of rotatable bonds is 2. The minimum atomic E-state index is -0.336. The van der Waals surface area contributed by atoms with E-state index in [2.05, 4.69) is 10.3 Å². The lowest BCUT2D eigenvalue weighted by atomic mass is 10.1. The average Bonchev–Trinajstić information content (AvgIpc) is 2.45. The molecule has 0 unspecified atom stereocenters. The number of piperidine rings is 1. The van der Waals surface area contributed by atoms with Gasteiger partial charge in [-0.1, -0.05) is 12.1 Å². The molecular weight excluding hydrogens is 243 g/mol. The van der Waals surface area contributed by atoms with Gasteiger partial charge in [-0.3, -0.25) is 0 Å². The summed E-state index contributed by atoms with van der Waals surface area (Å²) in [6, 6.07) is 7.54. The smallest absolute Gasteiger partial charge is 0.186 e. The lowest BCUT2D eigenvalue weighted by Gasteiger charge is -2.24. The van der Waals surface area contributed by atoms with Crippen molar-refractivity contribution in [3.8, 4) is 5.75 Å². The van der Waals surface area contributed by atoms with E-state index in [1.165, 1.54) is 0 Å². The van der Waals surface area contributed by atoms with Crippen molar-refractivity contribution in [3.05, 3.63) is 35.8 Å². The van der Waals surface area contributed by atoms with E-state index in [4.69, 9.17) is 4.74 Å². The number of nitrogens with zero attached hydrogens (tertiary/aromatic N) is 1. The van der Waals surface area contributed by atoms with E-state index in [0.29, 0.717) is 11.4 Å². The summed E-state index contributed by atoms with van der Waals surface area (Å²) in [7, 11) is 0. The summed E-state index contributed by atoms with van der Waals surface area (Å²) in [6.07, 6.45) is 1.91. The quantitative estimate of drug-likeness (QED) is 0.901. The van der Waals surface area contributed by atoms with Crippen LogP contribution in [0, 0.1) is 12.7 Å². The molecule has 1 fully saturated rings.